The van der Waals surface area contributed by atoms with E-state index in [4.69, 9.17) is 4.74 Å². The van der Waals surface area contributed by atoms with Gasteiger partial charge in [0.05, 0.1) is 4.92 Å². The molecule has 0 unspecified atom stereocenters. The number of carbonyl (C=O) groups is 2. The van der Waals surface area contributed by atoms with Crippen molar-refractivity contribution < 1.29 is 19.2 Å². The molecule has 0 saturated carbocycles. The Morgan fingerprint density at radius 1 is 1.32 bits per heavy atom. The van der Waals surface area contributed by atoms with Gasteiger partial charge in [-0.05, 0) is 51.2 Å². The van der Waals surface area contributed by atoms with Crippen LogP contribution in [0.1, 0.15) is 39.2 Å². The highest BCUT2D eigenvalue weighted by Gasteiger charge is 2.23. The number of likely N-dealkylation sites (tertiary alicyclic amines) is 1. The molecule has 1 aliphatic heterocycles. The van der Waals surface area contributed by atoms with Crippen LogP contribution in [0.2, 0.25) is 0 Å². The topological polar surface area (TPSA) is 102 Å². The predicted molar refractivity (Wildman–Crippen MR) is 106 cm³/mol. The third-order valence-electron chi connectivity index (χ3n) is 4.36. The number of hydrogen-bond acceptors (Lipinski definition) is 5. The molecule has 8 heteroatoms. The fraction of sp³-hybridized carbons (Fsp3) is 0.500. The van der Waals surface area contributed by atoms with Crippen molar-refractivity contribution in [1.29, 1.82) is 0 Å². The summed E-state index contributed by atoms with van der Waals surface area (Å²) in [5, 5.41) is 13.6. The highest BCUT2D eigenvalue weighted by molar-refractivity contribution is 5.91. The molecule has 28 heavy (non-hydrogen) atoms. The maximum atomic E-state index is 12.3. The Labute approximate surface area is 164 Å². The Morgan fingerprint density at radius 2 is 2.00 bits per heavy atom. The summed E-state index contributed by atoms with van der Waals surface area (Å²) in [6.45, 7) is 7.20. The Morgan fingerprint density at radius 3 is 2.61 bits per heavy atom. The zero-order chi connectivity index (χ0) is 20.7. The molecular formula is C20H27N3O5. The third-order valence-corrected chi connectivity index (χ3v) is 4.36. The van der Waals surface area contributed by atoms with Gasteiger partial charge in [-0.15, -0.1) is 0 Å². The van der Waals surface area contributed by atoms with Gasteiger partial charge in [-0.25, -0.2) is 4.79 Å². The summed E-state index contributed by atoms with van der Waals surface area (Å²) in [4.78, 5) is 36.1. The lowest BCUT2D eigenvalue weighted by atomic mass is 9.97. The molecule has 8 nitrogen and oxygen atoms in total. The number of rotatable bonds is 5. The molecule has 1 aliphatic rings. The molecule has 1 aromatic carbocycles. The van der Waals surface area contributed by atoms with E-state index in [2.05, 4.69) is 5.32 Å². The van der Waals surface area contributed by atoms with Gasteiger partial charge in [0.1, 0.15) is 5.60 Å². The summed E-state index contributed by atoms with van der Waals surface area (Å²) in [5.41, 5.74) is 0.0812. The number of carbonyl (C=O) groups excluding carboxylic acids is 2. The van der Waals surface area contributed by atoms with E-state index in [1.807, 2.05) is 20.8 Å². The second-order valence-electron chi connectivity index (χ2n) is 7.84. The Kier molecular flexibility index (Phi) is 7.14. The highest BCUT2D eigenvalue weighted by atomic mass is 16.6. The number of nitro benzene ring substituents is 1. The lowest BCUT2D eigenvalue weighted by Crippen LogP contribution is -2.41. The van der Waals surface area contributed by atoms with Crippen molar-refractivity contribution in [2.75, 3.05) is 19.6 Å². The van der Waals surface area contributed by atoms with Gasteiger partial charge in [0.2, 0.25) is 5.91 Å². The van der Waals surface area contributed by atoms with Crippen molar-refractivity contribution in [1.82, 2.24) is 10.2 Å². The first-order valence-electron chi connectivity index (χ1n) is 9.32. The number of benzene rings is 1. The van der Waals surface area contributed by atoms with Crippen LogP contribution < -0.4 is 5.32 Å². The summed E-state index contributed by atoms with van der Waals surface area (Å²) >= 11 is 0. The standard InChI is InChI=1S/C20H27N3O5/c1-20(2,3)28-19(25)21-14-16-9-11-22(12-10-16)18(24)8-7-15-5-4-6-17(13-15)23(26)27/h4-8,13,16H,9-12,14H2,1-3H3,(H,21,25)/b8-7+. The summed E-state index contributed by atoms with van der Waals surface area (Å²) < 4.78 is 5.22. The van der Waals surface area contributed by atoms with Crippen LogP contribution in [-0.2, 0) is 9.53 Å². The molecule has 1 N–H and O–H groups in total. The molecule has 1 saturated heterocycles. The lowest BCUT2D eigenvalue weighted by Gasteiger charge is -2.31. The maximum Gasteiger partial charge on any atom is 0.407 e. The second kappa shape index (κ2) is 9.34. The molecule has 152 valence electrons. The first-order chi connectivity index (χ1) is 13.1. The minimum absolute atomic E-state index is 0.00657. The minimum Gasteiger partial charge on any atom is -0.444 e. The number of nitrogens with one attached hydrogen (secondary N) is 1. The molecule has 0 bridgehead atoms. The van der Waals surface area contributed by atoms with Crippen molar-refractivity contribution in [2.45, 2.75) is 39.2 Å². The zero-order valence-electron chi connectivity index (χ0n) is 16.5. The molecule has 1 fully saturated rings. The zero-order valence-corrected chi connectivity index (χ0v) is 16.5. The van der Waals surface area contributed by atoms with Crippen LogP contribution in [0.15, 0.2) is 30.3 Å². The van der Waals surface area contributed by atoms with E-state index in [9.17, 15) is 19.7 Å². The predicted octanol–water partition coefficient (Wildman–Crippen LogP) is 3.37. The van der Waals surface area contributed by atoms with Crippen molar-refractivity contribution in [3.63, 3.8) is 0 Å². The number of amides is 2. The van der Waals surface area contributed by atoms with Crippen molar-refractivity contribution in [2.24, 2.45) is 5.92 Å². The number of piperidine rings is 1. The number of nitro groups is 1. The van der Waals surface area contributed by atoms with E-state index in [0.29, 0.717) is 31.1 Å². The van der Waals surface area contributed by atoms with E-state index in [-0.39, 0.29) is 11.6 Å². The Hall–Kier alpha value is -2.90. The third kappa shape index (κ3) is 7.02. The molecule has 2 amide bonds. The lowest BCUT2D eigenvalue weighted by molar-refractivity contribution is -0.384. The first kappa shape index (κ1) is 21.4. The quantitative estimate of drug-likeness (QED) is 0.473. The van der Waals surface area contributed by atoms with Gasteiger partial charge in [0.25, 0.3) is 5.69 Å². The first-order valence-corrected chi connectivity index (χ1v) is 9.32. The number of ether oxygens (including phenoxy) is 1. The summed E-state index contributed by atoms with van der Waals surface area (Å²) in [6.07, 6.45) is 4.20. The van der Waals surface area contributed by atoms with Gasteiger partial charge in [-0.2, -0.15) is 0 Å². The Bertz CT molecular complexity index is 746. The molecule has 0 spiro atoms. The highest BCUT2D eigenvalue weighted by Crippen LogP contribution is 2.18. The van der Waals surface area contributed by atoms with E-state index < -0.39 is 16.6 Å². The minimum atomic E-state index is -0.522. The second-order valence-corrected chi connectivity index (χ2v) is 7.84. The molecule has 0 radical (unpaired) electrons. The molecule has 0 aliphatic carbocycles. The summed E-state index contributed by atoms with van der Waals surface area (Å²) in [6, 6.07) is 6.14. The summed E-state index contributed by atoms with van der Waals surface area (Å²) in [5.74, 6) is 0.183. The van der Waals surface area contributed by atoms with Crippen molar-refractivity contribution in [3.8, 4) is 0 Å². The van der Waals surface area contributed by atoms with Crippen LogP contribution in [0.5, 0.6) is 0 Å². The number of non-ortho nitro benzene ring substituents is 1. The van der Waals surface area contributed by atoms with Gasteiger partial charge in [0, 0.05) is 37.8 Å². The SMILES string of the molecule is CC(C)(C)OC(=O)NCC1CCN(C(=O)/C=C/c2cccc([N+](=O)[O-])c2)CC1. The van der Waals surface area contributed by atoms with Crippen LogP contribution >= 0.6 is 0 Å². The molecule has 0 atom stereocenters. The smallest absolute Gasteiger partial charge is 0.407 e. The van der Waals surface area contributed by atoms with Crippen LogP contribution in [0.4, 0.5) is 10.5 Å². The van der Waals surface area contributed by atoms with E-state index in [1.165, 1.54) is 18.2 Å². The molecule has 2 rings (SSSR count). The van der Waals surface area contributed by atoms with Crippen molar-refractivity contribution >= 4 is 23.8 Å². The average molecular weight is 389 g/mol. The number of hydrogen-bond donors (Lipinski definition) is 1. The average Bonchev–Trinajstić information content (AvgIpc) is 2.63. The van der Waals surface area contributed by atoms with Gasteiger partial charge in [-0.3, -0.25) is 14.9 Å². The van der Waals surface area contributed by atoms with Gasteiger partial charge in [0.15, 0.2) is 0 Å². The van der Waals surface area contributed by atoms with E-state index in [1.54, 1.807) is 23.1 Å². The number of nitrogens with zero attached hydrogens (tertiary/aromatic N) is 2. The van der Waals surface area contributed by atoms with Crippen LogP contribution in [0, 0.1) is 16.0 Å². The number of alkyl carbamates (subject to hydrolysis) is 1. The van der Waals surface area contributed by atoms with E-state index >= 15 is 0 Å². The van der Waals surface area contributed by atoms with Crippen LogP contribution in [0.25, 0.3) is 6.08 Å². The maximum absolute atomic E-state index is 12.3. The fourth-order valence-corrected chi connectivity index (χ4v) is 2.91. The van der Waals surface area contributed by atoms with Gasteiger partial charge in [-0.1, -0.05) is 12.1 Å². The van der Waals surface area contributed by atoms with E-state index in [0.717, 1.165) is 12.8 Å². The largest absolute Gasteiger partial charge is 0.444 e. The van der Waals surface area contributed by atoms with Crippen LogP contribution in [0.3, 0.4) is 0 Å². The molecule has 1 heterocycles. The molecular weight excluding hydrogens is 362 g/mol. The van der Waals surface area contributed by atoms with Gasteiger partial charge < -0.3 is 15.0 Å². The summed E-state index contributed by atoms with van der Waals surface area (Å²) in [7, 11) is 0. The Balaban J connectivity index is 1.78. The van der Waals surface area contributed by atoms with Gasteiger partial charge >= 0.3 is 6.09 Å². The molecule has 1 aromatic rings. The van der Waals surface area contributed by atoms with Crippen LogP contribution in [-0.4, -0.2) is 47.1 Å². The normalized spacial score (nSPS) is 15.5. The fourth-order valence-electron chi connectivity index (χ4n) is 2.91. The van der Waals surface area contributed by atoms with Crippen molar-refractivity contribution in [3.05, 3.63) is 46.0 Å². The molecule has 0 aromatic heterocycles. The monoisotopic (exact) mass is 389 g/mol.